The quantitative estimate of drug-likeness (QED) is 0.0726. The van der Waals surface area contributed by atoms with E-state index in [1.54, 1.807) is 56.2 Å². The number of fused-ring (bicyclic) bond motifs is 1. The predicted octanol–water partition coefficient (Wildman–Crippen LogP) is 6.14. The molecule has 0 bridgehead atoms. The Bertz CT molecular complexity index is 3250. The smallest absolute Gasteiger partial charge is 0.410 e. The van der Waals surface area contributed by atoms with Crippen LogP contribution >= 0.6 is 11.6 Å². The number of anilines is 2. The number of rotatable bonds is 19. The monoisotopic (exact) mass is 1230 g/mol. The van der Waals surface area contributed by atoms with Crippen LogP contribution in [-0.4, -0.2) is 226 Å². The van der Waals surface area contributed by atoms with Crippen LogP contribution in [0, 0.1) is 11.8 Å². The number of piperidine rings is 3. The number of carbonyl (C=O) groups excluding carboxylic acids is 6. The van der Waals surface area contributed by atoms with Gasteiger partial charge >= 0.3 is 6.09 Å². The number of aromatic amines is 1. The lowest BCUT2D eigenvalue weighted by Crippen LogP contribution is -2.60. The second-order valence-electron chi connectivity index (χ2n) is 25.7. The maximum atomic E-state index is 14.5. The molecule has 88 heavy (non-hydrogen) atoms. The molecule has 0 saturated carbocycles. The van der Waals surface area contributed by atoms with Crippen molar-refractivity contribution >= 4 is 69.8 Å². The highest BCUT2D eigenvalue weighted by atomic mass is 35.5. The van der Waals surface area contributed by atoms with Gasteiger partial charge in [0.15, 0.2) is 5.69 Å². The van der Waals surface area contributed by atoms with Crippen molar-refractivity contribution in [2.24, 2.45) is 17.6 Å². The van der Waals surface area contributed by atoms with Gasteiger partial charge < -0.3 is 45.7 Å². The minimum Gasteiger partial charge on any atom is -0.444 e. The zero-order chi connectivity index (χ0) is 62.1. The largest absolute Gasteiger partial charge is 0.444 e. The number of piperazine rings is 2. The lowest BCUT2D eigenvalue weighted by molar-refractivity contribution is -0.135. The second-order valence-corrected chi connectivity index (χ2v) is 26.2. The van der Waals surface area contributed by atoms with Crippen molar-refractivity contribution in [2.45, 2.75) is 96.2 Å². The molecule has 5 aromatic rings. The number of hydrogen-bond acceptors (Lipinski definition) is 15. The molecular formula is C65H88ClN15O7. The number of nitrogens with one attached hydrogen (secondary N) is 3. The molecule has 5 aliphatic rings. The van der Waals surface area contributed by atoms with E-state index < -0.39 is 23.1 Å². The van der Waals surface area contributed by atoms with Crippen LogP contribution in [0.15, 0.2) is 79.4 Å². The molecule has 10 rings (SSSR count). The first-order valence-electron chi connectivity index (χ1n) is 31.5. The van der Waals surface area contributed by atoms with Crippen LogP contribution in [0.2, 0.25) is 5.02 Å². The van der Waals surface area contributed by atoms with E-state index in [4.69, 9.17) is 27.1 Å². The molecule has 5 N–H and O–H groups in total. The van der Waals surface area contributed by atoms with Crippen molar-refractivity contribution in [3.05, 3.63) is 101 Å². The molecule has 2 aromatic carbocycles. The van der Waals surface area contributed by atoms with E-state index in [1.807, 2.05) is 53.6 Å². The van der Waals surface area contributed by atoms with Crippen molar-refractivity contribution in [2.75, 3.05) is 135 Å². The number of H-pyrrole nitrogens is 1. The molecule has 5 aliphatic heterocycles. The number of ether oxygens (including phenoxy) is 1. The van der Waals surface area contributed by atoms with E-state index in [0.29, 0.717) is 102 Å². The molecule has 8 heterocycles. The third-order valence-corrected chi connectivity index (χ3v) is 18.5. The van der Waals surface area contributed by atoms with E-state index in [1.165, 1.54) is 4.90 Å². The first kappa shape index (κ1) is 63.8. The first-order chi connectivity index (χ1) is 42.3. The Hall–Kier alpha value is -7.24. The van der Waals surface area contributed by atoms with E-state index >= 15 is 0 Å². The molecule has 3 aromatic heterocycles. The lowest BCUT2D eigenvalue weighted by atomic mass is 9.87. The van der Waals surface area contributed by atoms with Gasteiger partial charge in [0.05, 0.1) is 29.2 Å². The SMILES string of the molecule is CCc1cccc(-c2cnc(C(=O)N3CCN(CC4CCN(CC(=O)N5CCN(CC[C@H](NC(=O)C6(N)CCN(c7ncnc8[nH]ccc78)CC6)c6ccc(Cl)cc6)CC5)CC4)CC3)c(NC(=O)CN(CC3CCN(C)C(=O)C3)C(=O)OC(C)(C)C)c2)c1. The molecule has 0 aliphatic carbocycles. The van der Waals surface area contributed by atoms with Crippen LogP contribution in [0.25, 0.3) is 22.2 Å². The molecule has 22 nitrogen and oxygen atoms in total. The summed E-state index contributed by atoms with van der Waals surface area (Å²) in [4.78, 5) is 115. The predicted molar refractivity (Wildman–Crippen MR) is 340 cm³/mol. The third kappa shape index (κ3) is 16.3. The fourth-order valence-corrected chi connectivity index (χ4v) is 12.9. The van der Waals surface area contributed by atoms with Crippen LogP contribution in [0.4, 0.5) is 16.3 Å². The van der Waals surface area contributed by atoms with Crippen molar-refractivity contribution < 1.29 is 33.5 Å². The molecule has 5 saturated heterocycles. The summed E-state index contributed by atoms with van der Waals surface area (Å²) in [5.74, 6) is 0.361. The number of hydrogen-bond donors (Lipinski definition) is 4. The van der Waals surface area contributed by atoms with Crippen molar-refractivity contribution in [1.82, 2.24) is 59.6 Å². The Morgan fingerprint density at radius 1 is 0.818 bits per heavy atom. The summed E-state index contributed by atoms with van der Waals surface area (Å²) in [6.45, 7) is 17.9. The molecule has 6 amide bonds. The van der Waals surface area contributed by atoms with Gasteiger partial charge in [0.2, 0.25) is 23.6 Å². The highest BCUT2D eigenvalue weighted by Crippen LogP contribution is 2.32. The van der Waals surface area contributed by atoms with E-state index in [2.05, 4.69) is 64.2 Å². The molecule has 0 radical (unpaired) electrons. The van der Waals surface area contributed by atoms with E-state index in [9.17, 15) is 28.8 Å². The minimum atomic E-state index is -1.03. The number of amides is 6. The normalized spacial score (nSPS) is 19.6. The van der Waals surface area contributed by atoms with Gasteiger partial charge in [-0.2, -0.15) is 0 Å². The lowest BCUT2D eigenvalue weighted by Gasteiger charge is -2.40. The number of nitrogens with two attached hydrogens (primary N) is 1. The molecule has 472 valence electrons. The van der Waals surface area contributed by atoms with Gasteiger partial charge in [-0.3, -0.25) is 43.6 Å². The number of halogens is 1. The summed E-state index contributed by atoms with van der Waals surface area (Å²) in [6, 6.07) is 19.2. The Morgan fingerprint density at radius 2 is 1.52 bits per heavy atom. The van der Waals surface area contributed by atoms with Gasteiger partial charge in [-0.15, -0.1) is 0 Å². The molecule has 2 atom stereocenters. The number of likely N-dealkylation sites (tertiary alicyclic amines) is 2. The summed E-state index contributed by atoms with van der Waals surface area (Å²) >= 11 is 6.30. The molecule has 1 unspecified atom stereocenters. The van der Waals surface area contributed by atoms with Crippen LogP contribution in [-0.2, 0) is 30.3 Å². The van der Waals surface area contributed by atoms with Gasteiger partial charge in [0, 0.05) is 128 Å². The zero-order valence-corrected chi connectivity index (χ0v) is 52.6. The zero-order valence-electron chi connectivity index (χ0n) is 51.9. The summed E-state index contributed by atoms with van der Waals surface area (Å²) in [5.41, 5.74) is 9.95. The summed E-state index contributed by atoms with van der Waals surface area (Å²) in [6.07, 6.45) is 9.82. The average Bonchev–Trinajstić information content (AvgIpc) is 2.29. The number of benzene rings is 2. The number of aryl methyl sites for hydroxylation is 1. The second kappa shape index (κ2) is 28.5. The minimum absolute atomic E-state index is 0.00769. The summed E-state index contributed by atoms with van der Waals surface area (Å²) < 4.78 is 5.73. The molecular weight excluding hydrogens is 1140 g/mol. The average molecular weight is 1230 g/mol. The Balaban J connectivity index is 0.672. The number of pyridine rings is 1. The highest BCUT2D eigenvalue weighted by molar-refractivity contribution is 6.30. The molecule has 5 fully saturated rings. The van der Waals surface area contributed by atoms with E-state index in [-0.39, 0.29) is 66.5 Å². The summed E-state index contributed by atoms with van der Waals surface area (Å²) in [5, 5.41) is 7.87. The van der Waals surface area contributed by atoms with Crippen molar-refractivity contribution in [1.29, 1.82) is 0 Å². The van der Waals surface area contributed by atoms with Crippen LogP contribution in [0.5, 0.6) is 0 Å². The standard InChI is InChI=1S/C65H88ClN15O7/c1-6-45-8-7-9-49(36-45)50-38-54(72-55(82)42-81(63(87)88-64(2,3)4)41-47-15-22-74(5)56(83)37-47)58(69-39-50)61(85)80-34-30-77(31-35-80)40-46-16-23-76(24-17-46)43-57(84)78-32-28-75(29-33-78)25-18-53(48-10-12-51(66)13-11-48)73-62(86)65(67)19-26-79(27-20-65)60-52-14-21-68-59(52)70-44-71-60/h7-14,21,36,38-39,44,46-47,53H,6,15-20,22-35,37,40-43,67H2,1-5H3,(H,72,82)(H,73,86)(H,68,70,71)/t47?,53-/m0/s1. The topological polar surface area (TPSA) is 242 Å². The number of nitrogens with zero attached hydrogens (tertiary/aromatic N) is 11. The van der Waals surface area contributed by atoms with Gasteiger partial charge in [-0.25, -0.2) is 19.7 Å². The fourth-order valence-electron chi connectivity index (χ4n) is 12.8. The number of aromatic nitrogens is 4. The Kier molecular flexibility index (Phi) is 20.7. The van der Waals surface area contributed by atoms with Crippen molar-refractivity contribution in [3.8, 4) is 11.1 Å². The fraction of sp³-hybridized carbons (Fsp3) is 0.554. The molecule has 23 heteroatoms. The first-order valence-corrected chi connectivity index (χ1v) is 31.9. The van der Waals surface area contributed by atoms with Crippen LogP contribution in [0.3, 0.4) is 0 Å². The maximum absolute atomic E-state index is 14.5. The maximum Gasteiger partial charge on any atom is 0.410 e. The Labute approximate surface area is 521 Å². The van der Waals surface area contributed by atoms with Gasteiger partial charge in [-0.1, -0.05) is 54.9 Å². The van der Waals surface area contributed by atoms with Crippen molar-refractivity contribution in [3.63, 3.8) is 0 Å². The highest BCUT2D eigenvalue weighted by Gasteiger charge is 2.40. The third-order valence-electron chi connectivity index (χ3n) is 18.3. The van der Waals surface area contributed by atoms with Gasteiger partial charge in [0.25, 0.3) is 5.91 Å². The Morgan fingerprint density at radius 3 is 2.23 bits per heavy atom. The van der Waals surface area contributed by atoms with E-state index in [0.717, 1.165) is 97.6 Å². The number of carbonyl (C=O) groups is 6. The molecule has 0 spiro atoms. The van der Waals surface area contributed by atoms with Gasteiger partial charge in [-0.05, 0) is 132 Å². The van der Waals surface area contributed by atoms with Crippen LogP contribution in [0.1, 0.15) is 100 Å². The van der Waals surface area contributed by atoms with Gasteiger partial charge in [0.1, 0.15) is 29.9 Å². The van der Waals surface area contributed by atoms with Crippen LogP contribution < -0.4 is 21.3 Å². The summed E-state index contributed by atoms with van der Waals surface area (Å²) in [7, 11) is 1.76.